The van der Waals surface area contributed by atoms with Gasteiger partial charge in [0.25, 0.3) is 0 Å². The van der Waals surface area contributed by atoms with Crippen LogP contribution in [0.5, 0.6) is 0 Å². The van der Waals surface area contributed by atoms with Crippen LogP contribution in [-0.2, 0) is 4.79 Å². The average Bonchev–Trinajstić information content (AvgIpc) is 2.82. The summed E-state index contributed by atoms with van der Waals surface area (Å²) in [6.07, 6.45) is -3.93. The minimum absolute atomic E-state index is 0.0251. The molecule has 3 aromatic rings. The predicted octanol–water partition coefficient (Wildman–Crippen LogP) is 4.31. The van der Waals surface area contributed by atoms with Gasteiger partial charge in [0, 0.05) is 54.2 Å². The number of primary amides is 1. The van der Waals surface area contributed by atoms with Crippen molar-refractivity contribution in [2.24, 2.45) is 5.73 Å². The number of rotatable bonds is 7. The lowest BCUT2D eigenvalue weighted by atomic mass is 10.1. The molecule has 0 spiro atoms. The summed E-state index contributed by atoms with van der Waals surface area (Å²) in [5, 5.41) is 11.7. The Kier molecular flexibility index (Phi) is 7.79. The molecule has 0 radical (unpaired) electrons. The first-order valence-corrected chi connectivity index (χ1v) is 11.7. The van der Waals surface area contributed by atoms with E-state index < -0.39 is 30.4 Å². The number of alkyl halides is 3. The quantitative estimate of drug-likeness (QED) is 0.433. The summed E-state index contributed by atoms with van der Waals surface area (Å²) in [5.41, 5.74) is 7.42. The Morgan fingerprint density at radius 3 is 2.70 bits per heavy atom. The minimum Gasteiger partial charge on any atom is -0.369 e. The van der Waals surface area contributed by atoms with Gasteiger partial charge in [-0.15, -0.1) is 0 Å². The van der Waals surface area contributed by atoms with Gasteiger partial charge in [-0.05, 0) is 37.3 Å². The van der Waals surface area contributed by atoms with Crippen LogP contribution >= 0.6 is 11.6 Å². The number of aromatic nitrogens is 3. The molecule has 1 atom stereocenters. The molecule has 8 nitrogen and oxygen atoms in total. The molecule has 2 aromatic heterocycles. The van der Waals surface area contributed by atoms with Crippen LogP contribution in [0.4, 0.5) is 34.8 Å². The van der Waals surface area contributed by atoms with E-state index in [1.54, 1.807) is 30.0 Å². The van der Waals surface area contributed by atoms with E-state index in [0.29, 0.717) is 34.5 Å². The van der Waals surface area contributed by atoms with Gasteiger partial charge in [0.2, 0.25) is 5.91 Å². The second kappa shape index (κ2) is 10.9. The van der Waals surface area contributed by atoms with Gasteiger partial charge in [-0.1, -0.05) is 11.6 Å². The maximum Gasteiger partial charge on any atom is 0.390 e. The molecule has 4 rings (SSSR count). The highest BCUT2D eigenvalue weighted by Gasteiger charge is 2.38. The van der Waals surface area contributed by atoms with E-state index in [2.05, 4.69) is 20.5 Å². The van der Waals surface area contributed by atoms with Gasteiger partial charge in [-0.25, -0.2) is 9.37 Å². The van der Waals surface area contributed by atoms with Crippen molar-refractivity contribution in [3.05, 3.63) is 59.1 Å². The van der Waals surface area contributed by atoms with Gasteiger partial charge in [0.15, 0.2) is 0 Å². The number of nitrogens with zero attached hydrogens (tertiary/aromatic N) is 5. The van der Waals surface area contributed by atoms with E-state index in [4.69, 9.17) is 17.3 Å². The first-order valence-electron chi connectivity index (χ1n) is 11.4. The van der Waals surface area contributed by atoms with Gasteiger partial charge in [0.1, 0.15) is 11.6 Å². The predicted molar refractivity (Wildman–Crippen MR) is 132 cm³/mol. The summed E-state index contributed by atoms with van der Waals surface area (Å²) in [6, 6.07) is 8.23. The molecule has 1 aliphatic rings. The number of carbonyl (C=O) groups excluding carboxylic acids is 1. The van der Waals surface area contributed by atoms with E-state index in [1.165, 1.54) is 29.3 Å². The highest BCUT2D eigenvalue weighted by Crippen LogP contribution is 2.31. The molecule has 1 aliphatic heterocycles. The molecule has 196 valence electrons. The second-order valence-corrected chi connectivity index (χ2v) is 9.17. The largest absolute Gasteiger partial charge is 0.390 e. The fourth-order valence-electron chi connectivity index (χ4n) is 4.20. The molecule has 13 heteroatoms. The van der Waals surface area contributed by atoms with Crippen LogP contribution in [-0.4, -0.2) is 64.4 Å². The Labute approximate surface area is 215 Å². The number of hydrogen-bond donors (Lipinski definition) is 2. The normalized spacial score (nSPS) is 16.6. The van der Waals surface area contributed by atoms with Crippen LogP contribution in [0.2, 0.25) is 5.02 Å². The fraction of sp³-hybridized carbons (Fsp3) is 0.333. The van der Waals surface area contributed by atoms with Crippen LogP contribution in [0, 0.1) is 12.7 Å². The van der Waals surface area contributed by atoms with Crippen molar-refractivity contribution in [1.29, 1.82) is 0 Å². The number of benzene rings is 1. The van der Waals surface area contributed by atoms with Crippen molar-refractivity contribution in [1.82, 2.24) is 20.1 Å². The molecule has 0 saturated carbocycles. The average molecular weight is 538 g/mol. The number of amides is 1. The number of nitrogens with two attached hydrogens (primary N) is 1. The third kappa shape index (κ3) is 6.83. The summed E-state index contributed by atoms with van der Waals surface area (Å²) >= 11 is 6.01. The van der Waals surface area contributed by atoms with Gasteiger partial charge >= 0.3 is 6.18 Å². The monoisotopic (exact) mass is 537 g/mol. The Hall–Kier alpha value is -3.51. The summed E-state index contributed by atoms with van der Waals surface area (Å²) in [6.45, 7) is 2.11. The molecule has 3 N–H and O–H groups in total. The SMILES string of the molecule is Cc1nnc(-c2cc(Cl)ccc2F)cc1Nc1ccnc(N2CCN(CC(N)=O)C(CC(F)(F)F)C2)c1. The number of piperazine rings is 1. The molecular formula is C24H24ClF4N7O. The lowest BCUT2D eigenvalue weighted by Gasteiger charge is -2.41. The van der Waals surface area contributed by atoms with Crippen molar-refractivity contribution in [2.75, 3.05) is 36.4 Å². The zero-order chi connectivity index (χ0) is 26.7. The molecule has 0 aliphatic carbocycles. The zero-order valence-electron chi connectivity index (χ0n) is 19.8. The first-order chi connectivity index (χ1) is 17.5. The van der Waals surface area contributed by atoms with Crippen LogP contribution < -0.4 is 16.0 Å². The summed E-state index contributed by atoms with van der Waals surface area (Å²) in [4.78, 5) is 18.9. The molecule has 0 bridgehead atoms. The van der Waals surface area contributed by atoms with Crippen molar-refractivity contribution < 1.29 is 22.4 Å². The molecular weight excluding hydrogens is 514 g/mol. The van der Waals surface area contributed by atoms with Crippen molar-refractivity contribution in [3.8, 4) is 11.3 Å². The fourth-order valence-corrected chi connectivity index (χ4v) is 4.37. The van der Waals surface area contributed by atoms with Crippen molar-refractivity contribution in [3.63, 3.8) is 0 Å². The summed E-state index contributed by atoms with van der Waals surface area (Å²) < 4.78 is 53.9. The van der Waals surface area contributed by atoms with Crippen LogP contribution in [0.15, 0.2) is 42.6 Å². The molecule has 3 heterocycles. The maximum atomic E-state index is 14.3. The van der Waals surface area contributed by atoms with Gasteiger partial charge in [-0.2, -0.15) is 23.4 Å². The van der Waals surface area contributed by atoms with Crippen LogP contribution in [0.25, 0.3) is 11.3 Å². The highest BCUT2D eigenvalue weighted by atomic mass is 35.5. The molecule has 37 heavy (non-hydrogen) atoms. The first kappa shape index (κ1) is 26.6. The Morgan fingerprint density at radius 2 is 1.97 bits per heavy atom. The van der Waals surface area contributed by atoms with Gasteiger partial charge < -0.3 is 16.0 Å². The summed E-state index contributed by atoms with van der Waals surface area (Å²) in [5.74, 6) is -0.705. The third-order valence-electron chi connectivity index (χ3n) is 5.96. The van der Waals surface area contributed by atoms with Gasteiger partial charge in [-0.3, -0.25) is 9.69 Å². The van der Waals surface area contributed by atoms with Crippen LogP contribution in [0.3, 0.4) is 0 Å². The van der Waals surface area contributed by atoms with E-state index in [9.17, 15) is 22.4 Å². The molecule has 1 unspecified atom stereocenters. The number of aryl methyl sites for hydroxylation is 1. The second-order valence-electron chi connectivity index (χ2n) is 8.74. The Bertz CT molecular complexity index is 1290. The third-order valence-corrected chi connectivity index (χ3v) is 6.20. The lowest BCUT2D eigenvalue weighted by molar-refractivity contribution is -0.149. The number of nitrogens with one attached hydrogen (secondary N) is 1. The number of anilines is 3. The lowest BCUT2D eigenvalue weighted by Crippen LogP contribution is -2.56. The number of hydrogen-bond acceptors (Lipinski definition) is 7. The van der Waals surface area contributed by atoms with Gasteiger partial charge in [0.05, 0.1) is 30.0 Å². The highest BCUT2D eigenvalue weighted by molar-refractivity contribution is 6.30. The molecule has 1 aromatic carbocycles. The number of pyridine rings is 1. The van der Waals surface area contributed by atoms with E-state index in [0.717, 1.165) is 0 Å². The summed E-state index contributed by atoms with van der Waals surface area (Å²) in [7, 11) is 0. The topological polar surface area (TPSA) is 100 Å². The number of carbonyl (C=O) groups is 1. The molecule has 1 saturated heterocycles. The van der Waals surface area contributed by atoms with Crippen molar-refractivity contribution in [2.45, 2.75) is 25.6 Å². The molecule has 1 amide bonds. The van der Waals surface area contributed by atoms with E-state index in [-0.39, 0.29) is 30.9 Å². The maximum absolute atomic E-state index is 14.3. The minimum atomic E-state index is -4.40. The van der Waals surface area contributed by atoms with E-state index in [1.807, 2.05) is 0 Å². The standard InChI is InChI=1S/C24H24ClF4N7O/c1-14-20(10-21(34-33-14)18-8-15(25)2-3-19(18)26)32-16-4-5-31-23(9-16)36-7-6-35(13-22(30)37)17(12-36)11-24(27,28)29/h2-5,8-10,17H,6-7,11-13H2,1H3,(H2,30,37)(H,31,32,34). The molecule has 1 fully saturated rings. The van der Waals surface area contributed by atoms with E-state index >= 15 is 0 Å². The Balaban J connectivity index is 1.55. The van der Waals surface area contributed by atoms with Crippen LogP contribution in [0.1, 0.15) is 12.1 Å². The smallest absolute Gasteiger partial charge is 0.369 e. The number of halogens is 5. The Morgan fingerprint density at radius 1 is 1.19 bits per heavy atom. The zero-order valence-corrected chi connectivity index (χ0v) is 20.5. The van der Waals surface area contributed by atoms with Crippen molar-refractivity contribution >= 4 is 34.7 Å².